The number of nitrogens with zero attached hydrogens (tertiary/aromatic N) is 3. The van der Waals surface area contributed by atoms with Crippen molar-refractivity contribution in [2.75, 3.05) is 0 Å². The van der Waals surface area contributed by atoms with Crippen LogP contribution in [-0.2, 0) is 0 Å². The lowest BCUT2D eigenvalue weighted by Crippen LogP contribution is -2.23. The van der Waals surface area contributed by atoms with Crippen LogP contribution in [0.5, 0.6) is 11.5 Å². The van der Waals surface area contributed by atoms with Crippen LogP contribution in [0.15, 0.2) is 90.0 Å². The molecule has 0 spiro atoms. The minimum absolute atomic E-state index is 0.0345. The molecule has 0 radical (unpaired) electrons. The molecule has 6 nitrogen and oxygen atoms in total. The van der Waals surface area contributed by atoms with Gasteiger partial charge in [-0.3, -0.25) is 14.3 Å². The zero-order chi connectivity index (χ0) is 25.1. The molecule has 0 amide bonds. The van der Waals surface area contributed by atoms with Crippen LogP contribution in [0.25, 0.3) is 28.7 Å². The highest BCUT2D eigenvalue weighted by atomic mass is 16.3. The van der Waals surface area contributed by atoms with Crippen LogP contribution >= 0.6 is 0 Å². The fourth-order valence-corrected chi connectivity index (χ4v) is 3.90. The number of aryl methyl sites for hydroxylation is 1. The predicted molar refractivity (Wildman–Crippen MR) is 141 cm³/mol. The van der Waals surface area contributed by atoms with Crippen molar-refractivity contribution < 1.29 is 10.2 Å². The number of rotatable bonds is 3. The fourth-order valence-electron chi connectivity index (χ4n) is 3.90. The number of benzene rings is 3. The molecule has 0 fully saturated rings. The molecule has 5 rings (SSSR count). The quantitative estimate of drug-likeness (QED) is 0.359. The molecule has 36 heavy (non-hydrogen) atoms. The average Bonchev–Trinajstić information content (AvgIpc) is 2.88. The van der Waals surface area contributed by atoms with Gasteiger partial charge in [-0.1, -0.05) is 24.0 Å². The average molecular weight is 472 g/mol. The first-order valence-corrected chi connectivity index (χ1v) is 11.2. The normalized spacial score (nSPS) is 10.9. The summed E-state index contributed by atoms with van der Waals surface area (Å²) in [5, 5.41) is 20.2. The van der Waals surface area contributed by atoms with Crippen LogP contribution in [-0.4, -0.2) is 24.7 Å². The van der Waals surface area contributed by atoms with E-state index in [-0.39, 0.29) is 17.1 Å². The summed E-state index contributed by atoms with van der Waals surface area (Å²) in [7, 11) is 0. The van der Waals surface area contributed by atoms with E-state index >= 15 is 0 Å². The van der Waals surface area contributed by atoms with E-state index in [2.05, 4.69) is 16.8 Å². The Hall–Kier alpha value is -5.15. The van der Waals surface area contributed by atoms with Gasteiger partial charge in [0, 0.05) is 35.2 Å². The second-order valence-electron chi connectivity index (χ2n) is 8.20. The first-order chi connectivity index (χ1) is 17.5. The van der Waals surface area contributed by atoms with Gasteiger partial charge in [-0.2, -0.15) is 0 Å². The summed E-state index contributed by atoms with van der Waals surface area (Å²) in [5.41, 5.74) is 4.03. The molecule has 0 atom stereocenters. The molecule has 3 aromatic carbocycles. The third-order valence-electron chi connectivity index (χ3n) is 5.68. The van der Waals surface area contributed by atoms with E-state index in [0.29, 0.717) is 28.0 Å². The number of phenolic OH excluding ortho intramolecular Hbond substituents is 2. The van der Waals surface area contributed by atoms with E-state index in [1.54, 1.807) is 47.3 Å². The summed E-state index contributed by atoms with van der Waals surface area (Å²) in [5.74, 6) is 6.53. The van der Waals surface area contributed by atoms with E-state index in [1.165, 1.54) is 12.1 Å². The monoisotopic (exact) mass is 471 g/mol. The van der Waals surface area contributed by atoms with Crippen LogP contribution in [0.3, 0.4) is 0 Å². The molecule has 0 aliphatic heterocycles. The Bertz CT molecular complexity index is 1740. The molecule has 2 aromatic heterocycles. The minimum atomic E-state index is -0.201. The minimum Gasteiger partial charge on any atom is -0.508 e. The molecule has 6 heteroatoms. The Morgan fingerprint density at radius 2 is 1.72 bits per heavy atom. The van der Waals surface area contributed by atoms with Crippen molar-refractivity contribution in [3.8, 4) is 29.0 Å². The molecule has 5 aromatic rings. The van der Waals surface area contributed by atoms with E-state index in [1.807, 2.05) is 49.4 Å². The molecule has 0 aliphatic carbocycles. The van der Waals surface area contributed by atoms with Crippen molar-refractivity contribution in [3.05, 3.63) is 124 Å². The predicted octanol–water partition coefficient (Wildman–Crippen LogP) is 5.07. The highest BCUT2D eigenvalue weighted by Crippen LogP contribution is 2.25. The van der Waals surface area contributed by atoms with Crippen molar-refractivity contribution >= 4 is 23.1 Å². The maximum Gasteiger partial charge on any atom is 0.266 e. The van der Waals surface area contributed by atoms with Gasteiger partial charge < -0.3 is 10.2 Å². The number of aromatic hydroxyl groups is 2. The van der Waals surface area contributed by atoms with Crippen LogP contribution in [0, 0.1) is 18.8 Å². The Labute approximate surface area is 207 Å². The molecule has 0 unspecified atom stereocenters. The van der Waals surface area contributed by atoms with E-state index in [4.69, 9.17) is 4.98 Å². The zero-order valence-corrected chi connectivity index (χ0v) is 19.4. The Morgan fingerprint density at radius 3 is 2.50 bits per heavy atom. The highest BCUT2D eigenvalue weighted by Gasteiger charge is 2.13. The van der Waals surface area contributed by atoms with Gasteiger partial charge in [-0.25, -0.2) is 4.98 Å². The van der Waals surface area contributed by atoms with Gasteiger partial charge in [0.15, 0.2) is 0 Å². The Morgan fingerprint density at radius 1 is 0.889 bits per heavy atom. The number of phenols is 2. The van der Waals surface area contributed by atoms with Crippen molar-refractivity contribution in [3.63, 3.8) is 0 Å². The summed E-state index contributed by atoms with van der Waals surface area (Å²) in [4.78, 5) is 22.4. The number of fused-ring (bicyclic) bond motifs is 1. The number of pyridine rings is 1. The van der Waals surface area contributed by atoms with Crippen LogP contribution < -0.4 is 5.56 Å². The molecule has 2 N–H and O–H groups in total. The van der Waals surface area contributed by atoms with Gasteiger partial charge in [0.05, 0.1) is 16.6 Å². The van der Waals surface area contributed by atoms with Crippen molar-refractivity contribution in [2.45, 2.75) is 6.92 Å². The maximum atomic E-state index is 13.6. The number of hydrogen-bond acceptors (Lipinski definition) is 5. The largest absolute Gasteiger partial charge is 0.508 e. The topological polar surface area (TPSA) is 88.2 Å². The Balaban J connectivity index is 1.63. The lowest BCUT2D eigenvalue weighted by Gasteiger charge is -2.14. The van der Waals surface area contributed by atoms with Crippen LogP contribution in [0.1, 0.15) is 28.1 Å². The van der Waals surface area contributed by atoms with Gasteiger partial charge >= 0.3 is 0 Å². The Kier molecular flexibility index (Phi) is 6.04. The van der Waals surface area contributed by atoms with Gasteiger partial charge in [0.2, 0.25) is 0 Å². The van der Waals surface area contributed by atoms with Gasteiger partial charge in [-0.05, 0) is 79.2 Å². The van der Waals surface area contributed by atoms with Gasteiger partial charge in [0.25, 0.3) is 5.56 Å². The summed E-state index contributed by atoms with van der Waals surface area (Å²) in [6.45, 7) is 1.92. The number of hydrogen-bond donors (Lipinski definition) is 2. The molecule has 0 saturated carbocycles. The summed E-state index contributed by atoms with van der Waals surface area (Å²) >= 11 is 0. The first kappa shape index (κ1) is 22.6. The fraction of sp³-hybridized carbons (Fsp3) is 0.0333. The van der Waals surface area contributed by atoms with Gasteiger partial charge in [0.1, 0.15) is 17.3 Å². The van der Waals surface area contributed by atoms with Crippen molar-refractivity contribution in [1.29, 1.82) is 0 Å². The molecule has 0 bridgehead atoms. The zero-order valence-electron chi connectivity index (χ0n) is 19.4. The van der Waals surface area contributed by atoms with Crippen LogP contribution in [0.4, 0.5) is 0 Å². The van der Waals surface area contributed by atoms with Crippen LogP contribution in [0.2, 0.25) is 0 Å². The lowest BCUT2D eigenvalue weighted by molar-refractivity contribution is 0.450. The summed E-state index contributed by atoms with van der Waals surface area (Å²) < 4.78 is 1.56. The van der Waals surface area contributed by atoms with E-state index in [0.717, 1.165) is 16.7 Å². The molecule has 0 aliphatic rings. The number of aromatic nitrogens is 3. The number of para-hydroxylation sites is 1. The summed E-state index contributed by atoms with van der Waals surface area (Å²) in [6.07, 6.45) is 6.74. The smallest absolute Gasteiger partial charge is 0.266 e. The first-order valence-electron chi connectivity index (χ1n) is 11.2. The molecule has 0 saturated heterocycles. The van der Waals surface area contributed by atoms with E-state index in [9.17, 15) is 15.0 Å². The SMILES string of the molecule is Cc1cc(C#Cc2cccnc2)ccc1-n1c(/C=C/c2ccc(O)cc2O)nc2ccccc2c1=O. The maximum absolute atomic E-state index is 13.6. The molecule has 174 valence electrons. The lowest BCUT2D eigenvalue weighted by atomic mass is 10.1. The third kappa shape index (κ3) is 4.59. The molecular formula is C30H21N3O3. The highest BCUT2D eigenvalue weighted by molar-refractivity contribution is 5.80. The standard InChI is InChI=1S/C30H21N3O3/c1-20-17-21(8-9-22-5-4-16-31-19-22)10-14-27(20)33-29(15-12-23-11-13-24(34)18-28(23)35)32-26-7-3-2-6-25(26)30(33)36/h2-7,10-19,34-35H,1H3/b15-12+. The van der Waals surface area contributed by atoms with E-state index < -0.39 is 0 Å². The second-order valence-corrected chi connectivity index (χ2v) is 8.20. The molecule has 2 heterocycles. The summed E-state index contributed by atoms with van der Waals surface area (Å²) in [6, 6.07) is 20.9. The van der Waals surface area contributed by atoms with Gasteiger partial charge in [-0.15, -0.1) is 0 Å². The second kappa shape index (κ2) is 9.61. The van der Waals surface area contributed by atoms with Crippen molar-refractivity contribution in [1.82, 2.24) is 14.5 Å². The van der Waals surface area contributed by atoms with Crippen molar-refractivity contribution in [2.24, 2.45) is 0 Å². The third-order valence-corrected chi connectivity index (χ3v) is 5.68. The molecular weight excluding hydrogens is 450 g/mol.